The minimum Gasteiger partial charge on any atom is -0.396 e. The molecule has 0 aromatic heterocycles. The molecule has 1 unspecified atom stereocenters. The second-order valence-electron chi connectivity index (χ2n) is 4.55. The quantitative estimate of drug-likeness (QED) is 0.848. The first-order valence-corrected chi connectivity index (χ1v) is 5.78. The Bertz CT molecular complexity index is 433. The van der Waals surface area contributed by atoms with Gasteiger partial charge in [-0.05, 0) is 31.0 Å². The smallest absolute Gasteiger partial charge is 0.253 e. The maximum atomic E-state index is 13.4. The van der Waals surface area contributed by atoms with Crippen LogP contribution in [-0.4, -0.2) is 35.6 Å². The van der Waals surface area contributed by atoms with Crippen molar-refractivity contribution >= 4 is 5.91 Å². The number of likely N-dealkylation sites (tertiary alicyclic amines) is 1. The third-order valence-corrected chi connectivity index (χ3v) is 3.25. The molecule has 0 aliphatic carbocycles. The first kappa shape index (κ1) is 12.0. The third-order valence-electron chi connectivity index (χ3n) is 3.25. The SMILES string of the molecule is Cc1ccc(C(=O)N2CCC(CO)C2)cc1F. The van der Waals surface area contributed by atoms with Crippen LogP contribution in [0.15, 0.2) is 18.2 Å². The number of rotatable bonds is 2. The van der Waals surface area contributed by atoms with Crippen LogP contribution in [-0.2, 0) is 0 Å². The Morgan fingerprint density at radius 3 is 2.94 bits per heavy atom. The van der Waals surface area contributed by atoms with Crippen LogP contribution in [0.3, 0.4) is 0 Å². The fourth-order valence-electron chi connectivity index (χ4n) is 2.07. The van der Waals surface area contributed by atoms with Gasteiger partial charge in [0, 0.05) is 31.2 Å². The van der Waals surface area contributed by atoms with Crippen LogP contribution < -0.4 is 0 Å². The zero-order chi connectivity index (χ0) is 12.4. The van der Waals surface area contributed by atoms with Gasteiger partial charge in [0.05, 0.1) is 0 Å². The molecule has 17 heavy (non-hydrogen) atoms. The summed E-state index contributed by atoms with van der Waals surface area (Å²) in [6, 6.07) is 4.54. The molecular weight excluding hydrogens is 221 g/mol. The summed E-state index contributed by atoms with van der Waals surface area (Å²) in [7, 11) is 0. The Balaban J connectivity index is 2.12. The van der Waals surface area contributed by atoms with Gasteiger partial charge in [0.2, 0.25) is 0 Å². The van der Waals surface area contributed by atoms with Crippen molar-refractivity contribution in [2.45, 2.75) is 13.3 Å². The van der Waals surface area contributed by atoms with E-state index >= 15 is 0 Å². The Hall–Kier alpha value is -1.42. The number of hydrogen-bond acceptors (Lipinski definition) is 2. The van der Waals surface area contributed by atoms with E-state index in [0.29, 0.717) is 24.2 Å². The molecule has 2 rings (SSSR count). The Morgan fingerprint density at radius 1 is 1.59 bits per heavy atom. The van der Waals surface area contributed by atoms with Crippen molar-refractivity contribution in [3.8, 4) is 0 Å². The molecule has 0 saturated carbocycles. The van der Waals surface area contributed by atoms with Crippen LogP contribution in [0.5, 0.6) is 0 Å². The van der Waals surface area contributed by atoms with Crippen LogP contribution in [0.25, 0.3) is 0 Å². The summed E-state index contributed by atoms with van der Waals surface area (Å²) in [5.74, 6) is -0.345. The lowest BCUT2D eigenvalue weighted by atomic mass is 10.1. The van der Waals surface area contributed by atoms with E-state index in [2.05, 4.69) is 0 Å². The highest BCUT2D eigenvalue weighted by molar-refractivity contribution is 5.94. The summed E-state index contributed by atoms with van der Waals surface area (Å²) in [6.07, 6.45) is 0.816. The van der Waals surface area contributed by atoms with E-state index in [4.69, 9.17) is 5.11 Å². The van der Waals surface area contributed by atoms with Gasteiger partial charge in [-0.15, -0.1) is 0 Å². The molecule has 1 saturated heterocycles. The number of nitrogens with zero attached hydrogens (tertiary/aromatic N) is 1. The number of carbonyl (C=O) groups is 1. The summed E-state index contributed by atoms with van der Waals surface area (Å²) < 4.78 is 13.4. The zero-order valence-corrected chi connectivity index (χ0v) is 9.82. The van der Waals surface area contributed by atoms with Gasteiger partial charge in [0.15, 0.2) is 0 Å². The molecule has 1 atom stereocenters. The van der Waals surface area contributed by atoms with E-state index in [-0.39, 0.29) is 24.2 Å². The summed E-state index contributed by atoms with van der Waals surface area (Å²) in [5, 5.41) is 9.02. The largest absolute Gasteiger partial charge is 0.396 e. The number of hydrogen-bond donors (Lipinski definition) is 1. The molecule has 1 fully saturated rings. The van der Waals surface area contributed by atoms with E-state index in [1.165, 1.54) is 6.07 Å². The minimum atomic E-state index is -0.353. The van der Waals surface area contributed by atoms with Gasteiger partial charge in [-0.2, -0.15) is 0 Å². The number of carbonyl (C=O) groups excluding carboxylic acids is 1. The van der Waals surface area contributed by atoms with Crippen molar-refractivity contribution in [1.29, 1.82) is 0 Å². The predicted molar refractivity (Wildman–Crippen MR) is 62.2 cm³/mol. The van der Waals surface area contributed by atoms with Gasteiger partial charge in [0.25, 0.3) is 5.91 Å². The van der Waals surface area contributed by atoms with Crippen molar-refractivity contribution in [3.05, 3.63) is 35.1 Å². The van der Waals surface area contributed by atoms with Crippen LogP contribution in [0.1, 0.15) is 22.3 Å². The Morgan fingerprint density at radius 2 is 2.35 bits per heavy atom. The highest BCUT2D eigenvalue weighted by Crippen LogP contribution is 2.19. The molecule has 0 radical (unpaired) electrons. The summed E-state index contributed by atoms with van der Waals surface area (Å²) in [4.78, 5) is 13.7. The minimum absolute atomic E-state index is 0.103. The molecule has 3 nitrogen and oxygen atoms in total. The number of aliphatic hydroxyl groups excluding tert-OH is 1. The first-order valence-electron chi connectivity index (χ1n) is 5.78. The maximum absolute atomic E-state index is 13.4. The van der Waals surface area contributed by atoms with E-state index in [0.717, 1.165) is 6.42 Å². The van der Waals surface area contributed by atoms with Crippen LogP contribution in [0, 0.1) is 18.7 Å². The molecule has 1 aromatic carbocycles. The number of aryl methyl sites for hydroxylation is 1. The second kappa shape index (κ2) is 4.84. The number of halogens is 1. The summed E-state index contributed by atoms with van der Waals surface area (Å²) in [5.41, 5.74) is 0.919. The van der Waals surface area contributed by atoms with Gasteiger partial charge >= 0.3 is 0 Å². The lowest BCUT2D eigenvalue weighted by Gasteiger charge is -2.16. The predicted octanol–water partition coefficient (Wildman–Crippen LogP) is 1.59. The van der Waals surface area contributed by atoms with E-state index in [1.807, 2.05) is 0 Å². The summed E-state index contributed by atoms with van der Waals surface area (Å²) in [6.45, 7) is 2.97. The second-order valence-corrected chi connectivity index (χ2v) is 4.55. The molecular formula is C13H16FNO2. The first-order chi connectivity index (χ1) is 8.11. The molecule has 4 heteroatoms. The van der Waals surface area contributed by atoms with Crippen molar-refractivity contribution in [2.24, 2.45) is 5.92 Å². The molecule has 0 spiro atoms. The van der Waals surface area contributed by atoms with Crippen molar-refractivity contribution < 1.29 is 14.3 Å². The van der Waals surface area contributed by atoms with Gasteiger partial charge in [-0.1, -0.05) is 6.07 Å². The number of amides is 1. The zero-order valence-electron chi connectivity index (χ0n) is 9.82. The molecule has 1 N–H and O–H groups in total. The monoisotopic (exact) mass is 237 g/mol. The van der Waals surface area contributed by atoms with E-state index in [1.54, 1.807) is 24.0 Å². The van der Waals surface area contributed by atoms with Crippen LogP contribution in [0.4, 0.5) is 4.39 Å². The number of aliphatic hydroxyl groups is 1. The van der Waals surface area contributed by atoms with Crippen molar-refractivity contribution in [2.75, 3.05) is 19.7 Å². The maximum Gasteiger partial charge on any atom is 0.253 e. The molecule has 1 aliphatic heterocycles. The Labute approximate surface area is 99.9 Å². The average molecular weight is 237 g/mol. The third kappa shape index (κ3) is 2.47. The molecule has 1 amide bonds. The molecule has 92 valence electrons. The van der Waals surface area contributed by atoms with E-state index in [9.17, 15) is 9.18 Å². The molecule has 0 bridgehead atoms. The van der Waals surface area contributed by atoms with E-state index < -0.39 is 0 Å². The average Bonchev–Trinajstić information content (AvgIpc) is 2.80. The van der Waals surface area contributed by atoms with Crippen LogP contribution >= 0.6 is 0 Å². The molecule has 1 aromatic rings. The molecule has 1 heterocycles. The normalized spacial score (nSPS) is 19.7. The van der Waals surface area contributed by atoms with Crippen LogP contribution in [0.2, 0.25) is 0 Å². The highest BCUT2D eigenvalue weighted by Gasteiger charge is 2.26. The number of benzene rings is 1. The topological polar surface area (TPSA) is 40.5 Å². The van der Waals surface area contributed by atoms with Crippen molar-refractivity contribution in [1.82, 2.24) is 4.90 Å². The standard InChI is InChI=1S/C13H16FNO2/c1-9-2-3-11(6-12(9)14)13(17)15-5-4-10(7-15)8-16/h2-3,6,10,16H,4-5,7-8H2,1H3. The van der Waals surface area contributed by atoms with Gasteiger partial charge in [0.1, 0.15) is 5.82 Å². The fraction of sp³-hybridized carbons (Fsp3) is 0.462. The molecule has 1 aliphatic rings. The lowest BCUT2D eigenvalue weighted by molar-refractivity contribution is 0.0781. The highest BCUT2D eigenvalue weighted by atomic mass is 19.1. The Kier molecular flexibility index (Phi) is 3.43. The lowest BCUT2D eigenvalue weighted by Crippen LogP contribution is -2.29. The summed E-state index contributed by atoms with van der Waals surface area (Å²) >= 11 is 0. The van der Waals surface area contributed by atoms with Gasteiger partial charge in [-0.3, -0.25) is 4.79 Å². The van der Waals surface area contributed by atoms with Crippen molar-refractivity contribution in [3.63, 3.8) is 0 Å². The fourth-order valence-corrected chi connectivity index (χ4v) is 2.07. The van der Waals surface area contributed by atoms with Gasteiger partial charge < -0.3 is 10.0 Å². The van der Waals surface area contributed by atoms with Gasteiger partial charge in [-0.25, -0.2) is 4.39 Å².